The fourth-order valence-electron chi connectivity index (χ4n) is 2.38. The van der Waals surface area contributed by atoms with Crippen LogP contribution in [0.2, 0.25) is 0 Å². The van der Waals surface area contributed by atoms with Crippen molar-refractivity contribution in [3.63, 3.8) is 0 Å². The molecule has 3 rings (SSSR count). The SMILES string of the molecule is O=C(O)/C=C/C1(c2c[nH]c3ccccc23)COC1. The van der Waals surface area contributed by atoms with Gasteiger partial charge in [0.15, 0.2) is 0 Å². The van der Waals surface area contributed by atoms with Crippen LogP contribution in [0.1, 0.15) is 5.56 Å². The molecule has 4 nitrogen and oxygen atoms in total. The average molecular weight is 243 g/mol. The van der Waals surface area contributed by atoms with Gasteiger partial charge in [0, 0.05) is 23.2 Å². The number of benzene rings is 1. The number of aromatic amines is 1. The number of fused-ring (bicyclic) bond motifs is 1. The lowest BCUT2D eigenvalue weighted by Crippen LogP contribution is -2.45. The Morgan fingerprint density at radius 1 is 1.39 bits per heavy atom. The Hall–Kier alpha value is -2.07. The summed E-state index contributed by atoms with van der Waals surface area (Å²) in [5.74, 6) is -0.930. The summed E-state index contributed by atoms with van der Waals surface area (Å²) in [5, 5.41) is 9.89. The first-order chi connectivity index (χ1) is 8.71. The molecule has 1 aliphatic rings. The van der Waals surface area contributed by atoms with Crippen LogP contribution in [-0.4, -0.2) is 29.3 Å². The lowest BCUT2D eigenvalue weighted by molar-refractivity contribution is -0.131. The van der Waals surface area contributed by atoms with Gasteiger partial charge < -0.3 is 14.8 Å². The molecule has 0 saturated carbocycles. The molecule has 1 saturated heterocycles. The van der Waals surface area contributed by atoms with Crippen LogP contribution >= 0.6 is 0 Å². The second-order valence-corrected chi connectivity index (χ2v) is 4.57. The van der Waals surface area contributed by atoms with Crippen LogP contribution in [0.15, 0.2) is 42.6 Å². The third kappa shape index (κ3) is 1.62. The predicted octanol–water partition coefficient (Wildman–Crippen LogP) is 2.08. The van der Waals surface area contributed by atoms with E-state index in [9.17, 15) is 4.79 Å². The van der Waals surface area contributed by atoms with Gasteiger partial charge in [-0.3, -0.25) is 0 Å². The van der Waals surface area contributed by atoms with Crippen LogP contribution in [0.4, 0.5) is 0 Å². The van der Waals surface area contributed by atoms with Crippen molar-refractivity contribution >= 4 is 16.9 Å². The Morgan fingerprint density at radius 3 is 2.83 bits per heavy atom. The van der Waals surface area contributed by atoms with Gasteiger partial charge in [0.05, 0.1) is 18.6 Å². The standard InChI is InChI=1S/C14H13NO3/c16-13(17)5-6-14(8-18-9-14)11-7-15-12-4-2-1-3-10(11)12/h1-7,15H,8-9H2,(H,16,17)/b6-5+. The first-order valence-corrected chi connectivity index (χ1v) is 5.78. The number of rotatable bonds is 3. The third-order valence-electron chi connectivity index (χ3n) is 3.39. The molecule has 2 heterocycles. The van der Waals surface area contributed by atoms with Gasteiger partial charge in [0.1, 0.15) is 0 Å². The summed E-state index contributed by atoms with van der Waals surface area (Å²) in [6.45, 7) is 1.05. The maximum Gasteiger partial charge on any atom is 0.328 e. The number of nitrogens with one attached hydrogen (secondary N) is 1. The number of ether oxygens (including phenoxy) is 1. The fraction of sp³-hybridized carbons (Fsp3) is 0.214. The highest BCUT2D eigenvalue weighted by atomic mass is 16.5. The Balaban J connectivity index is 2.09. The minimum Gasteiger partial charge on any atom is -0.478 e. The molecule has 2 aromatic rings. The molecule has 1 fully saturated rings. The first kappa shape index (κ1) is 11.0. The summed E-state index contributed by atoms with van der Waals surface area (Å²) in [6, 6.07) is 8.00. The number of aromatic nitrogens is 1. The number of hydrogen-bond acceptors (Lipinski definition) is 2. The van der Waals surface area contributed by atoms with Crippen molar-refractivity contribution in [1.29, 1.82) is 0 Å². The quantitative estimate of drug-likeness (QED) is 0.811. The van der Waals surface area contributed by atoms with Gasteiger partial charge in [-0.25, -0.2) is 4.79 Å². The molecule has 1 aromatic carbocycles. The molecule has 0 amide bonds. The fourth-order valence-corrected chi connectivity index (χ4v) is 2.38. The van der Waals surface area contributed by atoms with Crippen molar-refractivity contribution in [1.82, 2.24) is 4.98 Å². The molecule has 0 atom stereocenters. The van der Waals surface area contributed by atoms with Gasteiger partial charge in [0.25, 0.3) is 0 Å². The Morgan fingerprint density at radius 2 is 2.17 bits per heavy atom. The van der Waals surface area contributed by atoms with E-state index in [1.165, 1.54) is 6.08 Å². The molecule has 1 aromatic heterocycles. The van der Waals surface area contributed by atoms with Crippen molar-refractivity contribution in [2.45, 2.75) is 5.41 Å². The van der Waals surface area contributed by atoms with Crippen molar-refractivity contribution in [3.05, 3.63) is 48.2 Å². The largest absolute Gasteiger partial charge is 0.478 e. The number of carbonyl (C=O) groups is 1. The van der Waals surface area contributed by atoms with Crippen LogP contribution in [0, 0.1) is 0 Å². The zero-order chi connectivity index (χ0) is 12.6. The summed E-state index contributed by atoms with van der Waals surface area (Å²) < 4.78 is 5.29. The number of para-hydroxylation sites is 1. The van der Waals surface area contributed by atoms with E-state index in [0.717, 1.165) is 16.5 Å². The van der Waals surface area contributed by atoms with Gasteiger partial charge in [-0.1, -0.05) is 24.3 Å². The predicted molar refractivity (Wildman–Crippen MR) is 67.6 cm³/mol. The van der Waals surface area contributed by atoms with Crippen LogP contribution < -0.4 is 0 Å². The van der Waals surface area contributed by atoms with Crippen molar-refractivity contribution in [2.75, 3.05) is 13.2 Å². The van der Waals surface area contributed by atoms with Gasteiger partial charge in [-0.15, -0.1) is 0 Å². The molecule has 0 spiro atoms. The number of aliphatic carboxylic acids is 1. The number of carboxylic acid groups (broad SMARTS) is 1. The van der Waals surface area contributed by atoms with E-state index in [2.05, 4.69) is 4.98 Å². The van der Waals surface area contributed by atoms with Crippen molar-refractivity contribution in [2.24, 2.45) is 0 Å². The Labute approximate surface area is 104 Å². The monoisotopic (exact) mass is 243 g/mol. The molecule has 92 valence electrons. The molecule has 4 heteroatoms. The van der Waals surface area contributed by atoms with Crippen molar-refractivity contribution < 1.29 is 14.6 Å². The molecule has 18 heavy (non-hydrogen) atoms. The van der Waals surface area contributed by atoms with E-state index in [1.54, 1.807) is 6.08 Å². The summed E-state index contributed by atoms with van der Waals surface area (Å²) in [6.07, 6.45) is 4.87. The smallest absolute Gasteiger partial charge is 0.328 e. The summed E-state index contributed by atoms with van der Waals surface area (Å²) in [4.78, 5) is 13.9. The number of H-pyrrole nitrogens is 1. The van der Waals surface area contributed by atoms with Gasteiger partial charge in [-0.2, -0.15) is 0 Å². The second-order valence-electron chi connectivity index (χ2n) is 4.57. The molecule has 0 bridgehead atoms. The highest BCUT2D eigenvalue weighted by molar-refractivity contribution is 5.85. The maximum absolute atomic E-state index is 10.7. The van der Waals surface area contributed by atoms with Gasteiger partial charge >= 0.3 is 5.97 Å². The van der Waals surface area contributed by atoms with Gasteiger partial charge in [0.2, 0.25) is 0 Å². The second kappa shape index (κ2) is 3.99. The molecule has 0 unspecified atom stereocenters. The highest BCUT2D eigenvalue weighted by Crippen LogP contribution is 2.38. The molecular weight excluding hydrogens is 230 g/mol. The number of carboxylic acids is 1. The zero-order valence-electron chi connectivity index (χ0n) is 9.72. The van der Waals surface area contributed by atoms with Crippen LogP contribution in [0.5, 0.6) is 0 Å². The minimum absolute atomic E-state index is 0.308. The van der Waals surface area contributed by atoms with Crippen LogP contribution in [0.3, 0.4) is 0 Å². The maximum atomic E-state index is 10.7. The van der Waals surface area contributed by atoms with Crippen LogP contribution in [-0.2, 0) is 14.9 Å². The highest BCUT2D eigenvalue weighted by Gasteiger charge is 2.39. The van der Waals surface area contributed by atoms with Crippen LogP contribution in [0.25, 0.3) is 10.9 Å². The normalized spacial score (nSPS) is 18.0. The van der Waals surface area contributed by atoms with E-state index in [0.29, 0.717) is 13.2 Å². The lowest BCUT2D eigenvalue weighted by atomic mass is 9.78. The molecule has 0 aliphatic carbocycles. The lowest BCUT2D eigenvalue weighted by Gasteiger charge is -2.39. The summed E-state index contributed by atoms with van der Waals surface area (Å²) in [7, 11) is 0. The van der Waals surface area contributed by atoms with E-state index < -0.39 is 5.97 Å². The first-order valence-electron chi connectivity index (χ1n) is 5.78. The summed E-state index contributed by atoms with van der Waals surface area (Å²) >= 11 is 0. The topological polar surface area (TPSA) is 62.3 Å². The molecular formula is C14H13NO3. The Kier molecular flexibility index (Phi) is 2.45. The zero-order valence-corrected chi connectivity index (χ0v) is 9.72. The molecule has 1 aliphatic heterocycles. The average Bonchev–Trinajstić information content (AvgIpc) is 2.72. The van der Waals surface area contributed by atoms with E-state index in [-0.39, 0.29) is 5.41 Å². The number of hydrogen-bond donors (Lipinski definition) is 2. The molecule has 0 radical (unpaired) electrons. The third-order valence-corrected chi connectivity index (χ3v) is 3.39. The van der Waals surface area contributed by atoms with E-state index >= 15 is 0 Å². The van der Waals surface area contributed by atoms with E-state index in [4.69, 9.17) is 9.84 Å². The summed E-state index contributed by atoms with van der Waals surface area (Å²) in [5.41, 5.74) is 1.85. The minimum atomic E-state index is -0.930. The Bertz CT molecular complexity index is 623. The van der Waals surface area contributed by atoms with Gasteiger partial charge in [-0.05, 0) is 11.6 Å². The molecule has 2 N–H and O–H groups in total. The van der Waals surface area contributed by atoms with E-state index in [1.807, 2.05) is 30.5 Å². The van der Waals surface area contributed by atoms with Crippen molar-refractivity contribution in [3.8, 4) is 0 Å².